The van der Waals surface area contributed by atoms with Gasteiger partial charge in [-0.25, -0.2) is 0 Å². The first-order chi connectivity index (χ1) is 9.28. The van der Waals surface area contributed by atoms with E-state index in [4.69, 9.17) is 9.47 Å². The third kappa shape index (κ3) is 4.14. The van der Waals surface area contributed by atoms with Gasteiger partial charge in [0, 0.05) is 0 Å². The Kier molecular flexibility index (Phi) is 4.56. The molecule has 0 heterocycles. The molecule has 0 amide bonds. The van der Waals surface area contributed by atoms with Gasteiger partial charge >= 0.3 is 5.97 Å². The third-order valence-electron chi connectivity index (χ3n) is 2.75. The summed E-state index contributed by atoms with van der Waals surface area (Å²) in [5, 5.41) is 0. The van der Waals surface area contributed by atoms with Crippen LogP contribution < -0.4 is 4.74 Å². The molecule has 0 fully saturated rings. The number of hydrogen-bond acceptors (Lipinski definition) is 3. The average Bonchev–Trinajstić information content (AvgIpc) is 2.47. The van der Waals surface area contributed by atoms with Crippen LogP contribution in [-0.2, 0) is 22.6 Å². The van der Waals surface area contributed by atoms with Crippen molar-refractivity contribution in [3.05, 3.63) is 65.7 Å². The number of benzene rings is 2. The van der Waals surface area contributed by atoms with Gasteiger partial charge in [-0.3, -0.25) is 4.79 Å². The van der Waals surface area contributed by atoms with Gasteiger partial charge in [-0.15, -0.1) is 0 Å². The second-order valence-corrected chi connectivity index (χ2v) is 4.17. The second kappa shape index (κ2) is 6.59. The Bertz CT molecular complexity index is 517. The molecule has 3 heteroatoms. The van der Waals surface area contributed by atoms with E-state index >= 15 is 0 Å². The molecule has 0 spiro atoms. The average molecular weight is 256 g/mol. The maximum Gasteiger partial charge on any atom is 0.310 e. The summed E-state index contributed by atoms with van der Waals surface area (Å²) in [7, 11) is 1.61. The first-order valence-electron chi connectivity index (χ1n) is 6.10. The van der Waals surface area contributed by atoms with Gasteiger partial charge in [0.1, 0.15) is 12.4 Å². The summed E-state index contributed by atoms with van der Waals surface area (Å²) < 4.78 is 10.3. The predicted molar refractivity (Wildman–Crippen MR) is 72.9 cm³/mol. The van der Waals surface area contributed by atoms with Crippen LogP contribution in [0.25, 0.3) is 0 Å². The normalized spacial score (nSPS) is 9.95. The molecule has 3 nitrogen and oxygen atoms in total. The molecule has 0 aliphatic rings. The Labute approximate surface area is 112 Å². The predicted octanol–water partition coefficient (Wildman–Crippen LogP) is 2.98. The molecule has 0 aliphatic carbocycles. The zero-order valence-corrected chi connectivity index (χ0v) is 10.8. The SMILES string of the molecule is COc1ccc(CC(=O)OCc2ccccc2)cc1. The number of esters is 1. The lowest BCUT2D eigenvalue weighted by Crippen LogP contribution is -2.07. The molecular weight excluding hydrogens is 240 g/mol. The quantitative estimate of drug-likeness (QED) is 0.771. The highest BCUT2D eigenvalue weighted by Gasteiger charge is 2.05. The topological polar surface area (TPSA) is 35.5 Å². The summed E-state index contributed by atoms with van der Waals surface area (Å²) in [6.45, 7) is 0.315. The molecule has 0 saturated carbocycles. The summed E-state index contributed by atoms with van der Waals surface area (Å²) in [5.41, 5.74) is 1.91. The van der Waals surface area contributed by atoms with E-state index in [2.05, 4.69) is 0 Å². The first kappa shape index (κ1) is 13.1. The highest BCUT2D eigenvalue weighted by Crippen LogP contribution is 2.12. The number of carbonyl (C=O) groups excluding carboxylic acids is 1. The smallest absolute Gasteiger partial charge is 0.310 e. The Balaban J connectivity index is 1.83. The fraction of sp³-hybridized carbons (Fsp3) is 0.188. The monoisotopic (exact) mass is 256 g/mol. The van der Waals surface area contributed by atoms with Gasteiger partial charge in [0.2, 0.25) is 0 Å². The molecule has 2 rings (SSSR count). The summed E-state index contributed by atoms with van der Waals surface area (Å²) >= 11 is 0. The Hall–Kier alpha value is -2.29. The van der Waals surface area contributed by atoms with Crippen LogP contribution >= 0.6 is 0 Å². The molecule has 98 valence electrons. The lowest BCUT2D eigenvalue weighted by atomic mass is 10.1. The molecule has 0 N–H and O–H groups in total. The number of carbonyl (C=O) groups is 1. The van der Waals surface area contributed by atoms with Crippen molar-refractivity contribution in [1.82, 2.24) is 0 Å². The van der Waals surface area contributed by atoms with Crippen molar-refractivity contribution >= 4 is 5.97 Å². The van der Waals surface area contributed by atoms with E-state index in [-0.39, 0.29) is 12.4 Å². The number of ether oxygens (including phenoxy) is 2. The van der Waals surface area contributed by atoms with E-state index in [1.54, 1.807) is 7.11 Å². The van der Waals surface area contributed by atoms with Crippen LogP contribution in [0.3, 0.4) is 0 Å². The van der Waals surface area contributed by atoms with E-state index in [0.717, 1.165) is 16.9 Å². The van der Waals surface area contributed by atoms with Crippen molar-refractivity contribution in [1.29, 1.82) is 0 Å². The van der Waals surface area contributed by atoms with Crippen molar-refractivity contribution in [2.24, 2.45) is 0 Å². The minimum Gasteiger partial charge on any atom is -0.497 e. The summed E-state index contributed by atoms with van der Waals surface area (Å²) in [4.78, 5) is 11.7. The molecule has 0 saturated heterocycles. The van der Waals surface area contributed by atoms with E-state index < -0.39 is 0 Å². The standard InChI is InChI=1S/C16H16O3/c1-18-15-9-7-13(8-10-15)11-16(17)19-12-14-5-3-2-4-6-14/h2-10H,11-12H2,1H3. The number of rotatable bonds is 5. The van der Waals surface area contributed by atoms with Gasteiger partial charge in [0.15, 0.2) is 0 Å². The van der Waals surface area contributed by atoms with E-state index in [1.165, 1.54) is 0 Å². The molecule has 0 aliphatic heterocycles. The molecular formula is C16H16O3. The molecule has 2 aromatic carbocycles. The number of methoxy groups -OCH3 is 1. The van der Waals surface area contributed by atoms with E-state index in [9.17, 15) is 4.79 Å². The molecule has 0 atom stereocenters. The molecule has 0 radical (unpaired) electrons. The van der Waals surface area contributed by atoms with Crippen LogP contribution in [0, 0.1) is 0 Å². The zero-order valence-electron chi connectivity index (χ0n) is 10.8. The van der Waals surface area contributed by atoms with Crippen molar-refractivity contribution in [2.75, 3.05) is 7.11 Å². The number of hydrogen-bond donors (Lipinski definition) is 0. The minimum atomic E-state index is -0.228. The van der Waals surface area contributed by atoms with Crippen LogP contribution in [0.2, 0.25) is 0 Å². The van der Waals surface area contributed by atoms with Crippen molar-refractivity contribution in [2.45, 2.75) is 13.0 Å². The molecule has 0 aromatic heterocycles. The van der Waals surface area contributed by atoms with E-state index in [0.29, 0.717) is 6.61 Å². The van der Waals surface area contributed by atoms with Crippen LogP contribution in [-0.4, -0.2) is 13.1 Å². The second-order valence-electron chi connectivity index (χ2n) is 4.17. The molecule has 2 aromatic rings. The Morgan fingerprint density at radius 1 is 0.947 bits per heavy atom. The summed E-state index contributed by atoms with van der Waals surface area (Å²) in [5.74, 6) is 0.551. The fourth-order valence-corrected chi connectivity index (χ4v) is 1.70. The summed E-state index contributed by atoms with van der Waals surface area (Å²) in [6.07, 6.45) is 0.275. The maximum absolute atomic E-state index is 11.7. The van der Waals surface area contributed by atoms with Crippen molar-refractivity contribution < 1.29 is 14.3 Å². The first-order valence-corrected chi connectivity index (χ1v) is 6.10. The third-order valence-corrected chi connectivity index (χ3v) is 2.75. The Morgan fingerprint density at radius 3 is 2.26 bits per heavy atom. The van der Waals surface area contributed by atoms with E-state index in [1.807, 2.05) is 54.6 Å². The van der Waals surface area contributed by atoms with Gasteiger partial charge < -0.3 is 9.47 Å². The lowest BCUT2D eigenvalue weighted by molar-refractivity contribution is -0.144. The molecule has 0 bridgehead atoms. The zero-order chi connectivity index (χ0) is 13.5. The van der Waals surface area contributed by atoms with Gasteiger partial charge in [-0.05, 0) is 23.3 Å². The largest absolute Gasteiger partial charge is 0.497 e. The minimum absolute atomic E-state index is 0.228. The highest BCUT2D eigenvalue weighted by molar-refractivity contribution is 5.72. The van der Waals surface area contributed by atoms with Gasteiger partial charge in [0.25, 0.3) is 0 Å². The van der Waals surface area contributed by atoms with Crippen molar-refractivity contribution in [3.63, 3.8) is 0 Å². The molecule has 19 heavy (non-hydrogen) atoms. The Morgan fingerprint density at radius 2 is 1.63 bits per heavy atom. The van der Waals surface area contributed by atoms with Crippen LogP contribution in [0.1, 0.15) is 11.1 Å². The van der Waals surface area contributed by atoms with Gasteiger partial charge in [-0.1, -0.05) is 42.5 Å². The van der Waals surface area contributed by atoms with Gasteiger partial charge in [0.05, 0.1) is 13.5 Å². The van der Waals surface area contributed by atoms with Gasteiger partial charge in [-0.2, -0.15) is 0 Å². The lowest BCUT2D eigenvalue weighted by Gasteiger charge is -2.05. The van der Waals surface area contributed by atoms with Crippen LogP contribution in [0.5, 0.6) is 5.75 Å². The maximum atomic E-state index is 11.7. The van der Waals surface area contributed by atoms with Crippen LogP contribution in [0.15, 0.2) is 54.6 Å². The van der Waals surface area contributed by atoms with Crippen LogP contribution in [0.4, 0.5) is 0 Å². The molecule has 0 unspecified atom stereocenters. The summed E-state index contributed by atoms with van der Waals surface area (Å²) in [6, 6.07) is 17.0. The highest BCUT2D eigenvalue weighted by atomic mass is 16.5. The fourth-order valence-electron chi connectivity index (χ4n) is 1.70. The van der Waals surface area contributed by atoms with Crippen molar-refractivity contribution in [3.8, 4) is 5.75 Å².